The highest BCUT2D eigenvalue weighted by Gasteiger charge is 2.43. The minimum absolute atomic E-state index is 0.0492. The van der Waals surface area contributed by atoms with E-state index in [9.17, 15) is 9.59 Å². The lowest BCUT2D eigenvalue weighted by molar-refractivity contribution is -0.135. The van der Waals surface area contributed by atoms with Crippen molar-refractivity contribution in [2.45, 2.75) is 25.7 Å². The van der Waals surface area contributed by atoms with E-state index in [1.165, 1.54) is 0 Å². The molecule has 1 spiro atoms. The largest absolute Gasteiger partial charge is 0.375 e. The Morgan fingerprint density at radius 3 is 2.71 bits per heavy atom. The summed E-state index contributed by atoms with van der Waals surface area (Å²) in [6, 6.07) is 3.79. The van der Waals surface area contributed by atoms with Crippen molar-refractivity contribution in [1.82, 2.24) is 14.8 Å². The molecule has 2 aliphatic heterocycles. The van der Waals surface area contributed by atoms with Gasteiger partial charge in [-0.2, -0.15) is 0 Å². The van der Waals surface area contributed by atoms with Crippen LogP contribution in [0, 0.1) is 5.41 Å². The molecule has 3 rings (SSSR count). The Kier molecular flexibility index (Phi) is 5.14. The van der Waals surface area contributed by atoms with E-state index in [0.717, 1.165) is 51.0 Å². The molecule has 2 amide bonds. The van der Waals surface area contributed by atoms with Gasteiger partial charge in [0.15, 0.2) is 0 Å². The zero-order valence-corrected chi connectivity index (χ0v) is 14.2. The minimum atomic E-state index is 0.0492. The molecule has 24 heavy (non-hydrogen) atoms. The Bertz CT molecular complexity index is 592. The van der Waals surface area contributed by atoms with Gasteiger partial charge in [0.05, 0.1) is 6.42 Å². The topological polar surface area (TPSA) is 62.7 Å². The van der Waals surface area contributed by atoms with E-state index in [1.807, 2.05) is 21.9 Å². The summed E-state index contributed by atoms with van der Waals surface area (Å²) in [5.41, 5.74) is 1.01. The first-order chi connectivity index (χ1) is 11.6. The Labute approximate surface area is 142 Å². The molecule has 0 radical (unpaired) electrons. The van der Waals surface area contributed by atoms with E-state index in [0.29, 0.717) is 6.42 Å². The number of amides is 2. The highest BCUT2D eigenvalue weighted by molar-refractivity contribution is 5.79. The second kappa shape index (κ2) is 7.30. The van der Waals surface area contributed by atoms with Crippen LogP contribution in [0.15, 0.2) is 24.5 Å². The van der Waals surface area contributed by atoms with Crippen LogP contribution in [0.1, 0.15) is 24.8 Å². The van der Waals surface area contributed by atoms with Crippen LogP contribution in [-0.4, -0.2) is 66.5 Å². The first-order valence-electron chi connectivity index (χ1n) is 8.55. The van der Waals surface area contributed by atoms with Crippen LogP contribution >= 0.6 is 0 Å². The molecule has 130 valence electrons. The number of hydrogen-bond donors (Lipinski definition) is 0. The van der Waals surface area contributed by atoms with Gasteiger partial charge in [-0.1, -0.05) is 6.07 Å². The molecular weight excluding hydrogens is 306 g/mol. The number of rotatable bonds is 4. The molecule has 2 aliphatic rings. The molecule has 6 heteroatoms. The highest BCUT2D eigenvalue weighted by atomic mass is 16.5. The summed E-state index contributed by atoms with van der Waals surface area (Å²) in [5, 5.41) is 0. The molecule has 2 fully saturated rings. The molecule has 0 saturated carbocycles. The van der Waals surface area contributed by atoms with E-state index in [4.69, 9.17) is 4.74 Å². The molecular formula is C18H25N3O3. The van der Waals surface area contributed by atoms with Gasteiger partial charge >= 0.3 is 0 Å². The van der Waals surface area contributed by atoms with Crippen molar-refractivity contribution in [2.75, 3.05) is 39.9 Å². The van der Waals surface area contributed by atoms with Crippen LogP contribution in [0.25, 0.3) is 0 Å². The molecule has 1 aromatic rings. The van der Waals surface area contributed by atoms with Gasteiger partial charge in [0.1, 0.15) is 6.61 Å². The molecule has 0 bridgehead atoms. The van der Waals surface area contributed by atoms with Crippen molar-refractivity contribution < 1.29 is 14.3 Å². The average molecular weight is 331 g/mol. The standard InChI is InChI=1S/C18H25N3O3/c1-24-12-17(23)21-9-6-18(14-21)5-3-8-20(13-18)16(22)10-15-4-2-7-19-11-15/h2,4,7,11H,3,5-6,8-10,12-14H2,1H3/t18-/m1/s1. The Morgan fingerprint density at radius 2 is 2.00 bits per heavy atom. The second-order valence-electron chi connectivity index (χ2n) is 6.96. The molecule has 0 unspecified atom stereocenters. The summed E-state index contributed by atoms with van der Waals surface area (Å²) in [4.78, 5) is 32.6. The smallest absolute Gasteiger partial charge is 0.248 e. The average Bonchev–Trinajstić information content (AvgIpc) is 2.99. The molecule has 3 heterocycles. The fourth-order valence-corrected chi connectivity index (χ4v) is 3.91. The zero-order valence-electron chi connectivity index (χ0n) is 14.2. The zero-order chi connectivity index (χ0) is 17.0. The van der Waals surface area contributed by atoms with E-state index in [2.05, 4.69) is 4.98 Å². The van der Waals surface area contributed by atoms with Gasteiger partial charge in [0.2, 0.25) is 11.8 Å². The summed E-state index contributed by atoms with van der Waals surface area (Å²) in [5.74, 6) is 0.205. The van der Waals surface area contributed by atoms with Gasteiger partial charge in [-0.3, -0.25) is 14.6 Å². The predicted octanol–water partition coefficient (Wildman–Crippen LogP) is 1.11. The Balaban J connectivity index is 1.60. The maximum absolute atomic E-state index is 12.6. The second-order valence-corrected chi connectivity index (χ2v) is 6.96. The number of carbonyl (C=O) groups is 2. The van der Waals surface area contributed by atoms with Crippen molar-refractivity contribution >= 4 is 11.8 Å². The third-order valence-electron chi connectivity index (χ3n) is 5.15. The monoisotopic (exact) mass is 331 g/mol. The summed E-state index contributed by atoms with van der Waals surface area (Å²) >= 11 is 0. The summed E-state index contributed by atoms with van der Waals surface area (Å²) in [6.07, 6.45) is 6.92. The minimum Gasteiger partial charge on any atom is -0.375 e. The lowest BCUT2D eigenvalue weighted by Gasteiger charge is -2.40. The number of pyridine rings is 1. The van der Waals surface area contributed by atoms with Crippen molar-refractivity contribution in [3.8, 4) is 0 Å². The third kappa shape index (κ3) is 3.75. The SMILES string of the molecule is COCC(=O)N1CC[C@@]2(CCCN(C(=O)Cc3cccnc3)C2)C1. The molecule has 0 aromatic carbocycles. The van der Waals surface area contributed by atoms with Gasteiger partial charge in [-0.15, -0.1) is 0 Å². The third-order valence-corrected chi connectivity index (χ3v) is 5.15. The number of piperidine rings is 1. The Hall–Kier alpha value is -1.95. The van der Waals surface area contributed by atoms with Crippen LogP contribution in [0.4, 0.5) is 0 Å². The number of ether oxygens (including phenoxy) is 1. The van der Waals surface area contributed by atoms with Gasteiger partial charge in [-0.25, -0.2) is 0 Å². The lowest BCUT2D eigenvalue weighted by atomic mass is 9.79. The summed E-state index contributed by atoms with van der Waals surface area (Å²) < 4.78 is 4.96. The van der Waals surface area contributed by atoms with Crippen LogP contribution in [0.2, 0.25) is 0 Å². The molecule has 0 N–H and O–H groups in total. The number of aromatic nitrogens is 1. The van der Waals surface area contributed by atoms with Crippen molar-refractivity contribution in [1.29, 1.82) is 0 Å². The number of likely N-dealkylation sites (tertiary alicyclic amines) is 2. The highest BCUT2D eigenvalue weighted by Crippen LogP contribution is 2.39. The van der Waals surface area contributed by atoms with Gasteiger partial charge < -0.3 is 14.5 Å². The van der Waals surface area contributed by atoms with Crippen molar-refractivity contribution in [2.24, 2.45) is 5.41 Å². The van der Waals surface area contributed by atoms with E-state index in [-0.39, 0.29) is 23.8 Å². The number of hydrogen-bond acceptors (Lipinski definition) is 4. The fourth-order valence-electron chi connectivity index (χ4n) is 3.91. The molecule has 1 aromatic heterocycles. The van der Waals surface area contributed by atoms with Crippen LogP contribution in [0.5, 0.6) is 0 Å². The summed E-state index contributed by atoms with van der Waals surface area (Å²) in [6.45, 7) is 3.22. The normalized spacial score (nSPS) is 23.7. The molecule has 0 aliphatic carbocycles. The number of methoxy groups -OCH3 is 1. The van der Waals surface area contributed by atoms with E-state index < -0.39 is 0 Å². The first kappa shape index (κ1) is 16.9. The maximum Gasteiger partial charge on any atom is 0.248 e. The molecule has 6 nitrogen and oxygen atoms in total. The van der Waals surface area contributed by atoms with Gasteiger partial charge in [0, 0.05) is 51.1 Å². The van der Waals surface area contributed by atoms with E-state index in [1.54, 1.807) is 19.5 Å². The Morgan fingerprint density at radius 1 is 1.21 bits per heavy atom. The first-order valence-corrected chi connectivity index (χ1v) is 8.55. The number of carbonyl (C=O) groups excluding carboxylic acids is 2. The van der Waals surface area contributed by atoms with Gasteiger partial charge in [0.25, 0.3) is 0 Å². The predicted molar refractivity (Wildman–Crippen MR) is 89.3 cm³/mol. The van der Waals surface area contributed by atoms with E-state index >= 15 is 0 Å². The van der Waals surface area contributed by atoms with Gasteiger partial charge in [-0.05, 0) is 30.9 Å². The quantitative estimate of drug-likeness (QED) is 0.829. The number of nitrogens with zero attached hydrogens (tertiary/aromatic N) is 3. The summed E-state index contributed by atoms with van der Waals surface area (Å²) in [7, 11) is 1.54. The fraction of sp³-hybridized carbons (Fsp3) is 0.611. The lowest BCUT2D eigenvalue weighted by Crippen LogP contribution is -2.48. The van der Waals surface area contributed by atoms with Crippen molar-refractivity contribution in [3.05, 3.63) is 30.1 Å². The van der Waals surface area contributed by atoms with Crippen LogP contribution < -0.4 is 0 Å². The molecule has 2 saturated heterocycles. The van der Waals surface area contributed by atoms with Crippen LogP contribution in [0.3, 0.4) is 0 Å². The van der Waals surface area contributed by atoms with Crippen LogP contribution in [-0.2, 0) is 20.7 Å². The maximum atomic E-state index is 12.6. The molecule has 1 atom stereocenters. The van der Waals surface area contributed by atoms with Crippen molar-refractivity contribution in [3.63, 3.8) is 0 Å².